The van der Waals surface area contributed by atoms with Gasteiger partial charge in [-0.1, -0.05) is 36.4 Å². The van der Waals surface area contributed by atoms with Gasteiger partial charge in [-0.25, -0.2) is 0 Å². The summed E-state index contributed by atoms with van der Waals surface area (Å²) in [5, 5.41) is 9.93. The summed E-state index contributed by atoms with van der Waals surface area (Å²) in [5.74, 6) is 0.841. The number of hydrogen-bond acceptors (Lipinski definition) is 3. The largest absolute Gasteiger partial charge is 0.496 e. The van der Waals surface area contributed by atoms with Crippen LogP contribution in [0.2, 0.25) is 0 Å². The van der Waals surface area contributed by atoms with E-state index in [4.69, 9.17) is 9.84 Å². The number of hydrogen-bond donors (Lipinski definition) is 1. The molecule has 2 aromatic carbocycles. The van der Waals surface area contributed by atoms with Crippen LogP contribution in [-0.2, 0) is 13.0 Å². The van der Waals surface area contributed by atoms with Crippen molar-refractivity contribution in [3.05, 3.63) is 65.9 Å². The van der Waals surface area contributed by atoms with Gasteiger partial charge in [-0.3, -0.25) is 4.79 Å². The summed E-state index contributed by atoms with van der Waals surface area (Å²) in [6.07, 6.45) is 5.08. The van der Waals surface area contributed by atoms with E-state index >= 15 is 0 Å². The number of ketones is 1. The van der Waals surface area contributed by atoms with Gasteiger partial charge in [0.2, 0.25) is 0 Å². The normalized spacial score (nSPS) is 11.0. The summed E-state index contributed by atoms with van der Waals surface area (Å²) in [6.45, 7) is 1.08. The fourth-order valence-corrected chi connectivity index (χ4v) is 3.34. The van der Waals surface area contributed by atoms with Crippen molar-refractivity contribution in [1.82, 2.24) is 4.57 Å². The third kappa shape index (κ3) is 3.97. The minimum atomic E-state index is 0.0970. The lowest BCUT2D eigenvalue weighted by Gasteiger charge is -2.07. The first-order valence-electron chi connectivity index (χ1n) is 9.08. The first-order chi connectivity index (χ1) is 12.7. The van der Waals surface area contributed by atoms with E-state index in [-0.39, 0.29) is 12.4 Å². The number of unbranched alkanes of at least 4 members (excludes halogenated alkanes) is 2. The van der Waals surface area contributed by atoms with E-state index in [2.05, 4.69) is 10.6 Å². The average Bonchev–Trinajstić information content (AvgIpc) is 3.05. The van der Waals surface area contributed by atoms with E-state index in [0.717, 1.165) is 53.6 Å². The lowest BCUT2D eigenvalue weighted by Crippen LogP contribution is -2.04. The number of rotatable bonds is 9. The van der Waals surface area contributed by atoms with Crippen LogP contribution in [0.5, 0.6) is 5.75 Å². The topological polar surface area (TPSA) is 51.5 Å². The monoisotopic (exact) mass is 351 g/mol. The van der Waals surface area contributed by atoms with Crippen LogP contribution < -0.4 is 4.74 Å². The summed E-state index contributed by atoms with van der Waals surface area (Å²) in [4.78, 5) is 13.0. The Balaban J connectivity index is 1.86. The highest BCUT2D eigenvalue weighted by Crippen LogP contribution is 2.25. The molecule has 1 aromatic heterocycles. The first-order valence-corrected chi connectivity index (χ1v) is 9.08. The number of aromatic nitrogens is 1. The molecule has 0 aliphatic heterocycles. The smallest absolute Gasteiger partial charge is 0.169 e. The number of Topliss-reactive ketones (excluding diaryl/α,β-unsaturated/α-hetero) is 1. The fourth-order valence-electron chi connectivity index (χ4n) is 3.34. The van der Waals surface area contributed by atoms with Crippen LogP contribution in [0.3, 0.4) is 0 Å². The van der Waals surface area contributed by atoms with Crippen LogP contribution in [0.15, 0.2) is 54.7 Å². The molecule has 0 radical (unpaired) electrons. The van der Waals surface area contributed by atoms with Crippen LogP contribution in [-0.4, -0.2) is 29.2 Å². The molecule has 3 rings (SSSR count). The third-order valence-corrected chi connectivity index (χ3v) is 4.69. The van der Waals surface area contributed by atoms with Gasteiger partial charge < -0.3 is 14.4 Å². The fraction of sp³-hybridized carbons (Fsp3) is 0.318. The van der Waals surface area contributed by atoms with Gasteiger partial charge in [0.05, 0.1) is 7.11 Å². The Hall–Kier alpha value is -2.59. The molecule has 3 aromatic rings. The summed E-state index contributed by atoms with van der Waals surface area (Å²) < 4.78 is 7.53. The third-order valence-electron chi connectivity index (χ3n) is 4.69. The number of nitrogens with zero attached hydrogens (tertiary/aromatic N) is 1. The van der Waals surface area contributed by atoms with Gasteiger partial charge in [-0.15, -0.1) is 0 Å². The van der Waals surface area contributed by atoms with Gasteiger partial charge >= 0.3 is 0 Å². The molecule has 0 aliphatic rings. The Kier molecular flexibility index (Phi) is 6.08. The van der Waals surface area contributed by atoms with Gasteiger partial charge in [-0.2, -0.15) is 0 Å². The molecule has 0 aliphatic carbocycles. The van der Waals surface area contributed by atoms with E-state index in [1.165, 1.54) is 0 Å². The van der Waals surface area contributed by atoms with Crippen molar-refractivity contribution >= 4 is 16.7 Å². The molecule has 1 heterocycles. The van der Waals surface area contributed by atoms with Crippen molar-refractivity contribution in [3.63, 3.8) is 0 Å². The standard InChI is InChI=1S/C22H25NO3/c1-26-22-12-6-3-9-17(22)15-21(25)19-16-23(13-7-2-8-14-24)20-11-5-4-10-18(19)20/h3-6,9-12,16,24H,2,7-8,13-15H2,1H3. The Labute approximate surface area is 154 Å². The number of aliphatic hydroxyl groups excluding tert-OH is 1. The number of para-hydroxylation sites is 2. The highest BCUT2D eigenvalue weighted by atomic mass is 16.5. The molecular weight excluding hydrogens is 326 g/mol. The molecule has 136 valence electrons. The number of methoxy groups -OCH3 is 1. The molecule has 1 N–H and O–H groups in total. The predicted molar refractivity (Wildman–Crippen MR) is 104 cm³/mol. The Bertz CT molecular complexity index is 882. The van der Waals surface area contributed by atoms with E-state index < -0.39 is 0 Å². The van der Waals surface area contributed by atoms with Crippen LogP contribution in [0.4, 0.5) is 0 Å². The van der Waals surface area contributed by atoms with Gasteiger partial charge in [-0.05, 0) is 31.4 Å². The Morgan fingerprint density at radius 3 is 2.62 bits per heavy atom. The zero-order valence-corrected chi connectivity index (χ0v) is 15.1. The number of aliphatic hydroxyl groups is 1. The number of carbonyl (C=O) groups is 1. The molecule has 0 saturated carbocycles. The number of fused-ring (bicyclic) bond motifs is 1. The van der Waals surface area contributed by atoms with Crippen molar-refractivity contribution in [2.24, 2.45) is 0 Å². The van der Waals surface area contributed by atoms with E-state index in [1.807, 2.05) is 48.7 Å². The molecule has 0 unspecified atom stereocenters. The average molecular weight is 351 g/mol. The van der Waals surface area contributed by atoms with Crippen molar-refractivity contribution < 1.29 is 14.6 Å². The van der Waals surface area contributed by atoms with Gasteiger partial charge in [0, 0.05) is 47.8 Å². The van der Waals surface area contributed by atoms with Crippen LogP contribution in [0.25, 0.3) is 10.9 Å². The maximum atomic E-state index is 13.0. The van der Waals surface area contributed by atoms with E-state index in [1.54, 1.807) is 7.11 Å². The molecule has 4 nitrogen and oxygen atoms in total. The van der Waals surface area contributed by atoms with Crippen molar-refractivity contribution in [2.75, 3.05) is 13.7 Å². The second-order valence-corrected chi connectivity index (χ2v) is 6.45. The summed E-state index contributed by atoms with van der Waals surface area (Å²) in [7, 11) is 1.63. The molecule has 0 bridgehead atoms. The van der Waals surface area contributed by atoms with Gasteiger partial charge in [0.25, 0.3) is 0 Å². The molecule has 0 fully saturated rings. The van der Waals surface area contributed by atoms with E-state index in [0.29, 0.717) is 6.42 Å². The molecule has 0 saturated heterocycles. The maximum Gasteiger partial charge on any atom is 0.169 e. The predicted octanol–water partition coefficient (Wildman–Crippen LogP) is 4.24. The van der Waals surface area contributed by atoms with Gasteiger partial charge in [0.15, 0.2) is 5.78 Å². The van der Waals surface area contributed by atoms with Crippen molar-refractivity contribution in [3.8, 4) is 5.75 Å². The zero-order valence-electron chi connectivity index (χ0n) is 15.1. The maximum absolute atomic E-state index is 13.0. The zero-order chi connectivity index (χ0) is 18.4. The lowest BCUT2D eigenvalue weighted by atomic mass is 10.0. The highest BCUT2D eigenvalue weighted by Gasteiger charge is 2.16. The minimum Gasteiger partial charge on any atom is -0.496 e. The summed E-state index contributed by atoms with van der Waals surface area (Å²) >= 11 is 0. The molecule has 26 heavy (non-hydrogen) atoms. The van der Waals surface area contributed by atoms with Crippen LogP contribution in [0.1, 0.15) is 35.2 Å². The van der Waals surface area contributed by atoms with Crippen LogP contribution >= 0.6 is 0 Å². The van der Waals surface area contributed by atoms with Gasteiger partial charge in [0.1, 0.15) is 5.75 Å². The Morgan fingerprint density at radius 1 is 1.04 bits per heavy atom. The SMILES string of the molecule is COc1ccccc1CC(=O)c1cn(CCCCCO)c2ccccc12. The van der Waals surface area contributed by atoms with Crippen molar-refractivity contribution in [2.45, 2.75) is 32.2 Å². The molecule has 4 heteroatoms. The molecule has 0 amide bonds. The minimum absolute atomic E-state index is 0.0970. The van der Waals surface area contributed by atoms with Crippen molar-refractivity contribution in [1.29, 1.82) is 0 Å². The van der Waals surface area contributed by atoms with E-state index in [9.17, 15) is 4.79 Å². The number of carbonyl (C=O) groups excluding carboxylic acids is 1. The summed E-state index contributed by atoms with van der Waals surface area (Å²) in [6, 6.07) is 15.7. The Morgan fingerprint density at radius 2 is 1.81 bits per heavy atom. The molecule has 0 atom stereocenters. The molecular formula is C22H25NO3. The highest BCUT2D eigenvalue weighted by molar-refractivity contribution is 6.09. The second kappa shape index (κ2) is 8.68. The first kappa shape index (κ1) is 18.2. The molecule has 0 spiro atoms. The second-order valence-electron chi connectivity index (χ2n) is 6.45. The number of aryl methyl sites for hydroxylation is 1. The summed E-state index contributed by atoms with van der Waals surface area (Å²) in [5.41, 5.74) is 2.74. The number of benzene rings is 2. The number of ether oxygens (including phenoxy) is 1. The lowest BCUT2D eigenvalue weighted by molar-refractivity contribution is 0.0993. The van der Waals surface area contributed by atoms with Crippen LogP contribution in [0, 0.1) is 0 Å². The quantitative estimate of drug-likeness (QED) is 0.463.